The molecule has 3 N–H and O–H groups in total. The van der Waals surface area contributed by atoms with Crippen LogP contribution >= 0.6 is 0 Å². The molecule has 0 aliphatic carbocycles. The van der Waals surface area contributed by atoms with Gasteiger partial charge in [0.25, 0.3) is 15.7 Å². The first-order valence-electron chi connectivity index (χ1n) is 3.23. The van der Waals surface area contributed by atoms with Gasteiger partial charge >= 0.3 is 0 Å². The van der Waals surface area contributed by atoms with Crippen LogP contribution in [0.3, 0.4) is 0 Å². The highest BCUT2D eigenvalue weighted by molar-refractivity contribution is 7.85. The van der Waals surface area contributed by atoms with Crippen molar-refractivity contribution >= 4 is 10.1 Å². The zero-order valence-corrected chi connectivity index (χ0v) is 7.42. The number of nitrogens with one attached hydrogen (secondary N) is 1. The van der Waals surface area contributed by atoms with Crippen LogP contribution < -0.4 is 5.56 Å². The molecule has 72 valence electrons. The zero-order valence-electron chi connectivity index (χ0n) is 6.60. The third-order valence-corrected chi connectivity index (χ3v) is 2.44. The molecule has 1 aromatic rings. The third kappa shape index (κ3) is 1.87. The molecular formula is C6H7NO5S. The fourth-order valence-electron chi connectivity index (χ4n) is 0.979. The Morgan fingerprint density at radius 3 is 2.38 bits per heavy atom. The highest BCUT2D eigenvalue weighted by atomic mass is 32.2. The van der Waals surface area contributed by atoms with Crippen LogP contribution in [0.2, 0.25) is 0 Å². The number of aryl methyl sites for hydroxylation is 1. The van der Waals surface area contributed by atoms with Gasteiger partial charge in [-0.2, -0.15) is 8.42 Å². The lowest BCUT2D eigenvalue weighted by molar-refractivity contribution is 0.447. The van der Waals surface area contributed by atoms with Crippen molar-refractivity contribution < 1.29 is 18.1 Å². The molecule has 0 atom stereocenters. The minimum atomic E-state index is -4.54. The normalized spacial score (nSPS) is 11.5. The summed E-state index contributed by atoms with van der Waals surface area (Å²) in [5.74, 6) is -0.449. The number of aromatic nitrogens is 1. The standard InChI is InChI=1S/C6H7NO5S/c1-3-2-4(8)7-6(9)5(3)13(10,11)12/h2H,1H3,(H2,7,8,9)(H,10,11,12). The molecule has 13 heavy (non-hydrogen) atoms. The first-order valence-corrected chi connectivity index (χ1v) is 4.67. The molecule has 1 rings (SSSR count). The van der Waals surface area contributed by atoms with E-state index < -0.39 is 26.5 Å². The molecule has 0 radical (unpaired) electrons. The largest absolute Gasteiger partial charge is 0.495 e. The summed E-state index contributed by atoms with van der Waals surface area (Å²) in [6.45, 7) is 1.29. The van der Waals surface area contributed by atoms with Crippen LogP contribution in [0.25, 0.3) is 0 Å². The Bertz CT molecular complexity index is 486. The predicted molar refractivity (Wildman–Crippen MR) is 43.3 cm³/mol. The highest BCUT2D eigenvalue weighted by Gasteiger charge is 2.18. The maximum atomic E-state index is 11.0. The monoisotopic (exact) mass is 205 g/mol. The molecular weight excluding hydrogens is 198 g/mol. The lowest BCUT2D eigenvalue weighted by atomic mass is 10.3. The predicted octanol–water partition coefficient (Wildman–Crippen LogP) is -0.364. The summed E-state index contributed by atoms with van der Waals surface area (Å²) < 4.78 is 29.9. The maximum Gasteiger partial charge on any atom is 0.300 e. The summed E-state index contributed by atoms with van der Waals surface area (Å²) in [7, 11) is -4.54. The van der Waals surface area contributed by atoms with Gasteiger partial charge in [0.2, 0.25) is 0 Å². The second-order valence-electron chi connectivity index (χ2n) is 2.47. The molecule has 0 aliphatic rings. The Morgan fingerprint density at radius 2 is 2.00 bits per heavy atom. The second kappa shape index (κ2) is 2.86. The van der Waals surface area contributed by atoms with Crippen molar-refractivity contribution in [3.8, 4) is 5.88 Å². The van der Waals surface area contributed by atoms with Crippen molar-refractivity contribution in [3.63, 3.8) is 0 Å². The molecule has 0 fully saturated rings. The van der Waals surface area contributed by atoms with Crippen LogP contribution in [0.4, 0.5) is 0 Å². The van der Waals surface area contributed by atoms with Gasteiger partial charge in [0.15, 0.2) is 10.8 Å². The first-order chi connectivity index (χ1) is 5.82. The van der Waals surface area contributed by atoms with Crippen molar-refractivity contribution in [1.29, 1.82) is 0 Å². The Labute approximate surface area is 73.6 Å². The van der Waals surface area contributed by atoms with Gasteiger partial charge in [0.1, 0.15) is 0 Å². The van der Waals surface area contributed by atoms with E-state index in [-0.39, 0.29) is 5.56 Å². The van der Waals surface area contributed by atoms with E-state index >= 15 is 0 Å². The maximum absolute atomic E-state index is 11.0. The molecule has 1 aromatic heterocycles. The van der Waals surface area contributed by atoms with Crippen LogP contribution in [0, 0.1) is 6.92 Å². The lowest BCUT2D eigenvalue weighted by Gasteiger charge is -2.00. The molecule has 6 nitrogen and oxygen atoms in total. The van der Waals surface area contributed by atoms with E-state index in [0.717, 1.165) is 6.07 Å². The van der Waals surface area contributed by atoms with E-state index in [4.69, 9.17) is 9.66 Å². The Hall–Kier alpha value is -1.34. The third-order valence-electron chi connectivity index (χ3n) is 1.42. The average Bonchev–Trinajstić information content (AvgIpc) is 1.78. The number of aromatic amines is 1. The lowest BCUT2D eigenvalue weighted by Crippen LogP contribution is -2.18. The van der Waals surface area contributed by atoms with Crippen molar-refractivity contribution in [2.24, 2.45) is 0 Å². The van der Waals surface area contributed by atoms with Crippen LogP contribution in [-0.2, 0) is 10.1 Å². The molecule has 0 aromatic carbocycles. The quantitative estimate of drug-likeness (QED) is 0.542. The van der Waals surface area contributed by atoms with Gasteiger partial charge in [0, 0.05) is 6.07 Å². The van der Waals surface area contributed by atoms with E-state index in [1.807, 2.05) is 4.98 Å². The molecule has 0 unspecified atom stereocenters. The molecule has 1 heterocycles. The highest BCUT2D eigenvalue weighted by Crippen LogP contribution is 2.12. The van der Waals surface area contributed by atoms with Gasteiger partial charge < -0.3 is 5.11 Å². The van der Waals surface area contributed by atoms with Gasteiger partial charge in [-0.25, -0.2) is 0 Å². The summed E-state index contributed by atoms with van der Waals surface area (Å²) in [5, 5.41) is 8.85. The number of H-pyrrole nitrogens is 1. The van der Waals surface area contributed by atoms with Crippen molar-refractivity contribution in [3.05, 3.63) is 22.0 Å². The molecule has 0 aliphatic heterocycles. The van der Waals surface area contributed by atoms with Gasteiger partial charge in [-0.15, -0.1) is 0 Å². The number of hydrogen-bond donors (Lipinski definition) is 3. The van der Waals surface area contributed by atoms with Gasteiger partial charge in [-0.3, -0.25) is 14.3 Å². The first kappa shape index (κ1) is 9.75. The minimum Gasteiger partial charge on any atom is -0.495 e. The summed E-state index contributed by atoms with van der Waals surface area (Å²) in [6.07, 6.45) is 0. The van der Waals surface area contributed by atoms with Crippen molar-refractivity contribution in [2.45, 2.75) is 11.8 Å². The number of aromatic hydroxyl groups is 1. The summed E-state index contributed by atoms with van der Waals surface area (Å²) in [5.41, 5.74) is -1.05. The molecule has 0 bridgehead atoms. The van der Waals surface area contributed by atoms with E-state index in [0.29, 0.717) is 0 Å². The van der Waals surface area contributed by atoms with E-state index in [2.05, 4.69) is 0 Å². The van der Waals surface area contributed by atoms with Crippen LogP contribution in [0.15, 0.2) is 15.8 Å². The van der Waals surface area contributed by atoms with Crippen LogP contribution in [0.1, 0.15) is 5.56 Å². The smallest absolute Gasteiger partial charge is 0.300 e. The van der Waals surface area contributed by atoms with Crippen LogP contribution in [-0.4, -0.2) is 23.1 Å². The zero-order chi connectivity index (χ0) is 10.2. The van der Waals surface area contributed by atoms with E-state index in [1.165, 1.54) is 6.92 Å². The summed E-state index contributed by atoms with van der Waals surface area (Å²) in [6, 6.07) is 1.03. The molecule has 7 heteroatoms. The number of hydrogen-bond acceptors (Lipinski definition) is 4. The Balaban J connectivity index is 3.67. The summed E-state index contributed by atoms with van der Waals surface area (Å²) >= 11 is 0. The Kier molecular flexibility index (Phi) is 2.14. The number of pyridine rings is 1. The fourth-order valence-corrected chi connectivity index (χ4v) is 1.73. The SMILES string of the molecule is Cc1cc(O)[nH]c(=O)c1S(=O)(=O)O. The second-order valence-corrected chi connectivity index (χ2v) is 3.83. The van der Waals surface area contributed by atoms with Crippen molar-refractivity contribution in [2.75, 3.05) is 0 Å². The molecule has 0 amide bonds. The van der Waals surface area contributed by atoms with Gasteiger partial charge in [0.05, 0.1) is 0 Å². The number of rotatable bonds is 1. The molecule has 0 saturated heterocycles. The topological polar surface area (TPSA) is 107 Å². The fraction of sp³-hybridized carbons (Fsp3) is 0.167. The minimum absolute atomic E-state index is 0.0104. The molecule has 0 saturated carbocycles. The van der Waals surface area contributed by atoms with Gasteiger partial charge in [-0.05, 0) is 12.5 Å². The average molecular weight is 205 g/mol. The summed E-state index contributed by atoms with van der Waals surface area (Å²) in [4.78, 5) is 12.1. The van der Waals surface area contributed by atoms with Crippen molar-refractivity contribution in [1.82, 2.24) is 4.98 Å². The Morgan fingerprint density at radius 1 is 1.46 bits per heavy atom. The van der Waals surface area contributed by atoms with Crippen LogP contribution in [0.5, 0.6) is 5.88 Å². The molecule has 0 spiro atoms. The van der Waals surface area contributed by atoms with E-state index in [1.54, 1.807) is 0 Å². The van der Waals surface area contributed by atoms with E-state index in [9.17, 15) is 13.2 Å². The van der Waals surface area contributed by atoms with Gasteiger partial charge in [-0.1, -0.05) is 0 Å².